The lowest BCUT2D eigenvalue weighted by molar-refractivity contribution is -0.131. The van der Waals surface area contributed by atoms with Crippen molar-refractivity contribution in [2.75, 3.05) is 19.7 Å². The predicted octanol–water partition coefficient (Wildman–Crippen LogP) is 1.12. The van der Waals surface area contributed by atoms with Gasteiger partial charge in [-0.3, -0.25) is 9.36 Å². The van der Waals surface area contributed by atoms with E-state index >= 15 is 0 Å². The first-order chi connectivity index (χ1) is 11.2. The van der Waals surface area contributed by atoms with Crippen molar-refractivity contribution < 1.29 is 9.90 Å². The number of hydrogen-bond donors (Lipinski definition) is 1. The van der Waals surface area contributed by atoms with Crippen LogP contribution in [0.5, 0.6) is 0 Å². The number of rotatable bonds is 4. The van der Waals surface area contributed by atoms with Crippen molar-refractivity contribution in [3.63, 3.8) is 0 Å². The second-order valence-corrected chi connectivity index (χ2v) is 8.24. The van der Waals surface area contributed by atoms with Gasteiger partial charge in [-0.25, -0.2) is 4.79 Å². The van der Waals surface area contributed by atoms with Crippen molar-refractivity contribution in [1.82, 2.24) is 14.5 Å². The van der Waals surface area contributed by atoms with Gasteiger partial charge in [-0.1, -0.05) is 13.8 Å². The summed E-state index contributed by atoms with van der Waals surface area (Å²) in [5, 5.41) is 9.79. The molecule has 6 heteroatoms. The van der Waals surface area contributed by atoms with Gasteiger partial charge in [0.1, 0.15) is 0 Å². The summed E-state index contributed by atoms with van der Waals surface area (Å²) in [6.45, 7) is 9.92. The zero-order chi connectivity index (χ0) is 17.7. The molecule has 2 heterocycles. The Hall–Kier alpha value is -1.69. The molecule has 0 bridgehead atoms. The smallest absolute Gasteiger partial charge is 0.347 e. The quantitative estimate of drug-likeness (QED) is 0.896. The van der Waals surface area contributed by atoms with E-state index in [9.17, 15) is 14.7 Å². The molecule has 3 rings (SSSR count). The average Bonchev–Trinajstić information content (AvgIpc) is 2.81. The number of amides is 1. The molecule has 1 amide bonds. The van der Waals surface area contributed by atoms with E-state index in [-0.39, 0.29) is 29.0 Å². The third-order valence-corrected chi connectivity index (χ3v) is 5.96. The van der Waals surface area contributed by atoms with Crippen LogP contribution in [0.4, 0.5) is 0 Å². The summed E-state index contributed by atoms with van der Waals surface area (Å²) in [4.78, 5) is 30.4. The summed E-state index contributed by atoms with van der Waals surface area (Å²) in [7, 11) is 0. The van der Waals surface area contributed by atoms with Gasteiger partial charge in [0, 0.05) is 42.9 Å². The number of carbonyl (C=O) groups excluding carboxylic acids is 1. The molecule has 1 aromatic heterocycles. The van der Waals surface area contributed by atoms with Crippen LogP contribution in [0, 0.1) is 30.6 Å². The molecule has 0 aromatic carbocycles. The molecule has 24 heavy (non-hydrogen) atoms. The van der Waals surface area contributed by atoms with Crippen LogP contribution < -0.4 is 5.69 Å². The molecule has 0 radical (unpaired) electrons. The molecule has 132 valence electrons. The van der Waals surface area contributed by atoms with Crippen molar-refractivity contribution in [2.45, 2.75) is 47.1 Å². The fraction of sp³-hybridized carbons (Fsp3) is 0.722. The zero-order valence-electron chi connectivity index (χ0n) is 15.0. The largest absolute Gasteiger partial charge is 0.396 e. The summed E-state index contributed by atoms with van der Waals surface area (Å²) in [5.41, 5.74) is 1.30. The number of fused-ring (bicyclic) bond motifs is 1. The highest BCUT2D eigenvalue weighted by molar-refractivity contribution is 5.76. The first-order valence-corrected chi connectivity index (χ1v) is 8.62. The summed E-state index contributed by atoms with van der Waals surface area (Å²) in [5.74, 6) is 0.421. The topological polar surface area (TPSA) is 75.4 Å². The Bertz CT molecular complexity index is 725. The molecule has 2 fully saturated rings. The maximum absolute atomic E-state index is 12.6. The number of likely N-dealkylation sites (tertiary alicyclic amines) is 1. The number of aromatic nitrogens is 2. The fourth-order valence-corrected chi connectivity index (χ4v) is 4.94. The van der Waals surface area contributed by atoms with Gasteiger partial charge in [0.25, 0.3) is 0 Å². The number of carbonyl (C=O) groups is 1. The maximum atomic E-state index is 12.6. The fourth-order valence-electron chi connectivity index (χ4n) is 4.94. The van der Waals surface area contributed by atoms with Gasteiger partial charge in [0.2, 0.25) is 5.91 Å². The van der Waals surface area contributed by atoms with Gasteiger partial charge < -0.3 is 10.0 Å². The minimum absolute atomic E-state index is 0.0555. The van der Waals surface area contributed by atoms with E-state index in [1.807, 2.05) is 17.9 Å². The number of aryl methyl sites for hydroxylation is 2. The molecule has 2 atom stereocenters. The van der Waals surface area contributed by atoms with Crippen molar-refractivity contribution >= 4 is 5.91 Å². The molecule has 0 unspecified atom stereocenters. The van der Waals surface area contributed by atoms with E-state index in [1.54, 1.807) is 11.5 Å². The second kappa shape index (κ2) is 5.69. The predicted molar refractivity (Wildman–Crippen MR) is 90.6 cm³/mol. The van der Waals surface area contributed by atoms with Crippen LogP contribution in [0.2, 0.25) is 0 Å². The number of aliphatic hydroxyl groups is 1. The molecular weight excluding hydrogens is 306 g/mol. The molecule has 6 nitrogen and oxygen atoms in total. The third kappa shape index (κ3) is 2.66. The van der Waals surface area contributed by atoms with E-state index in [0.717, 1.165) is 12.1 Å². The van der Waals surface area contributed by atoms with Gasteiger partial charge in [-0.15, -0.1) is 0 Å². The summed E-state index contributed by atoms with van der Waals surface area (Å²) in [6.07, 6.45) is 1.26. The van der Waals surface area contributed by atoms with Gasteiger partial charge in [-0.2, -0.15) is 4.98 Å². The number of nitrogens with zero attached hydrogens (tertiary/aromatic N) is 3. The number of hydrogen-bond acceptors (Lipinski definition) is 4. The Kier molecular flexibility index (Phi) is 4.06. The lowest BCUT2D eigenvalue weighted by Crippen LogP contribution is -2.54. The van der Waals surface area contributed by atoms with Crippen LogP contribution in [0.15, 0.2) is 10.9 Å². The lowest BCUT2D eigenvalue weighted by Gasteiger charge is -2.55. The third-order valence-electron chi connectivity index (χ3n) is 5.96. The van der Waals surface area contributed by atoms with Crippen LogP contribution in [0.3, 0.4) is 0 Å². The van der Waals surface area contributed by atoms with E-state index < -0.39 is 0 Å². The van der Waals surface area contributed by atoms with E-state index in [4.69, 9.17) is 0 Å². The Morgan fingerprint density at radius 3 is 2.67 bits per heavy atom. The van der Waals surface area contributed by atoms with Crippen LogP contribution in [0.25, 0.3) is 0 Å². The zero-order valence-corrected chi connectivity index (χ0v) is 15.0. The minimum atomic E-state index is -0.297. The summed E-state index contributed by atoms with van der Waals surface area (Å²) >= 11 is 0. The molecule has 1 aliphatic carbocycles. The van der Waals surface area contributed by atoms with E-state index in [1.165, 1.54) is 0 Å². The SMILES string of the molecule is Cc1cc(C)n(CCC(=O)N2C[C@@H]3C(C)(C)C[C@]3(CO)C2)c(=O)n1. The van der Waals surface area contributed by atoms with E-state index in [2.05, 4.69) is 18.8 Å². The van der Waals surface area contributed by atoms with Gasteiger partial charge in [0.05, 0.1) is 6.61 Å². The summed E-state index contributed by atoms with van der Waals surface area (Å²) < 4.78 is 1.56. The molecule has 1 aromatic rings. The highest BCUT2D eigenvalue weighted by Crippen LogP contribution is 2.62. The molecule has 2 aliphatic rings. The Morgan fingerprint density at radius 1 is 1.42 bits per heavy atom. The molecule has 1 saturated heterocycles. The first kappa shape index (κ1) is 17.1. The maximum Gasteiger partial charge on any atom is 0.347 e. The molecule has 1 aliphatic heterocycles. The lowest BCUT2D eigenvalue weighted by atomic mass is 9.48. The molecule has 1 saturated carbocycles. The monoisotopic (exact) mass is 333 g/mol. The highest BCUT2D eigenvalue weighted by atomic mass is 16.3. The standard InChI is InChI=1S/C18H27N3O3/c1-12-7-13(2)21(16(24)19-12)6-5-15(23)20-8-14-17(3,4)9-18(14,10-20)11-22/h7,14,22H,5-6,8-11H2,1-4H3/t14-,18-/m1/s1. The van der Waals surface area contributed by atoms with Crippen molar-refractivity contribution in [1.29, 1.82) is 0 Å². The Morgan fingerprint density at radius 2 is 2.12 bits per heavy atom. The molecular formula is C18H27N3O3. The van der Waals surface area contributed by atoms with Crippen LogP contribution >= 0.6 is 0 Å². The first-order valence-electron chi connectivity index (χ1n) is 8.62. The van der Waals surface area contributed by atoms with Crippen LogP contribution in [0.1, 0.15) is 38.1 Å². The van der Waals surface area contributed by atoms with Gasteiger partial charge in [-0.05, 0) is 37.7 Å². The van der Waals surface area contributed by atoms with Gasteiger partial charge >= 0.3 is 5.69 Å². The minimum Gasteiger partial charge on any atom is -0.396 e. The van der Waals surface area contributed by atoms with Crippen LogP contribution in [-0.4, -0.2) is 45.2 Å². The van der Waals surface area contributed by atoms with Crippen molar-refractivity contribution in [3.05, 3.63) is 27.9 Å². The average molecular weight is 333 g/mol. The van der Waals surface area contributed by atoms with Crippen molar-refractivity contribution in [2.24, 2.45) is 16.7 Å². The Balaban J connectivity index is 1.66. The molecule has 1 N–H and O–H groups in total. The van der Waals surface area contributed by atoms with Crippen molar-refractivity contribution in [3.8, 4) is 0 Å². The van der Waals surface area contributed by atoms with Crippen LogP contribution in [-0.2, 0) is 11.3 Å². The summed E-state index contributed by atoms with van der Waals surface area (Å²) in [6, 6.07) is 1.85. The second-order valence-electron chi connectivity index (χ2n) is 8.24. The van der Waals surface area contributed by atoms with E-state index in [0.29, 0.717) is 37.7 Å². The van der Waals surface area contributed by atoms with Gasteiger partial charge in [0.15, 0.2) is 0 Å². The molecule has 0 spiro atoms. The normalized spacial score (nSPS) is 27.7. The Labute approximate surface area is 142 Å². The number of aliphatic hydroxyl groups excluding tert-OH is 1. The highest BCUT2D eigenvalue weighted by Gasteiger charge is 2.62.